The van der Waals surface area contributed by atoms with E-state index in [0.29, 0.717) is 25.2 Å². The van der Waals surface area contributed by atoms with Gasteiger partial charge in [-0.1, -0.05) is 12.1 Å². The summed E-state index contributed by atoms with van der Waals surface area (Å²) < 4.78 is 6.74. The summed E-state index contributed by atoms with van der Waals surface area (Å²) in [6.45, 7) is 12.4. The third-order valence-electron chi connectivity index (χ3n) is 4.18. The predicted octanol–water partition coefficient (Wildman–Crippen LogP) is 4.29. The monoisotopic (exact) mass is 430 g/mol. The molecule has 0 aliphatic carbocycles. The number of ether oxygens (including phenoxy) is 1. The van der Waals surface area contributed by atoms with E-state index in [4.69, 9.17) is 4.74 Å². The van der Waals surface area contributed by atoms with Crippen molar-refractivity contribution in [3.05, 3.63) is 33.4 Å². The standard InChI is InChI=1S/C18H27IN2O2/c1-13-12-20(17(22)23-18(3,4)5)10-11-21(13)14(2)15-6-8-16(19)9-7-15/h6-9,13-14H,10-12H2,1-5H3. The van der Waals surface area contributed by atoms with Crippen LogP contribution in [-0.2, 0) is 4.74 Å². The van der Waals surface area contributed by atoms with E-state index < -0.39 is 5.60 Å². The maximum absolute atomic E-state index is 12.2. The Balaban J connectivity index is 1.98. The van der Waals surface area contributed by atoms with Gasteiger partial charge in [-0.05, 0) is 74.9 Å². The van der Waals surface area contributed by atoms with E-state index in [1.54, 1.807) is 0 Å². The molecule has 1 saturated heterocycles. The quantitative estimate of drug-likeness (QED) is 0.657. The van der Waals surface area contributed by atoms with E-state index in [-0.39, 0.29) is 6.09 Å². The second-order valence-electron chi connectivity index (χ2n) is 7.24. The smallest absolute Gasteiger partial charge is 0.410 e. The van der Waals surface area contributed by atoms with Crippen molar-refractivity contribution in [3.63, 3.8) is 0 Å². The molecule has 1 fully saturated rings. The summed E-state index contributed by atoms with van der Waals surface area (Å²) >= 11 is 2.33. The molecule has 0 N–H and O–H groups in total. The highest BCUT2D eigenvalue weighted by atomic mass is 127. The highest BCUT2D eigenvalue weighted by Crippen LogP contribution is 2.26. The number of halogens is 1. The van der Waals surface area contributed by atoms with Crippen LogP contribution in [0.4, 0.5) is 4.79 Å². The summed E-state index contributed by atoms with van der Waals surface area (Å²) in [6, 6.07) is 9.34. The first-order valence-corrected chi connectivity index (χ1v) is 9.24. The van der Waals surface area contributed by atoms with Crippen LogP contribution in [0.25, 0.3) is 0 Å². The summed E-state index contributed by atoms with van der Waals surface area (Å²) in [5.41, 5.74) is 0.884. The summed E-state index contributed by atoms with van der Waals surface area (Å²) in [7, 11) is 0. The van der Waals surface area contributed by atoms with Crippen molar-refractivity contribution in [3.8, 4) is 0 Å². The molecule has 0 aromatic heterocycles. The molecule has 2 atom stereocenters. The first kappa shape index (κ1) is 18.5. The molecule has 0 spiro atoms. The van der Waals surface area contributed by atoms with E-state index in [0.717, 1.165) is 6.54 Å². The molecule has 128 valence electrons. The molecule has 1 aliphatic rings. The van der Waals surface area contributed by atoms with Crippen molar-refractivity contribution in [2.24, 2.45) is 0 Å². The molecule has 5 heteroatoms. The van der Waals surface area contributed by atoms with Crippen LogP contribution in [-0.4, -0.2) is 47.2 Å². The molecule has 1 aromatic carbocycles. The van der Waals surface area contributed by atoms with Gasteiger partial charge >= 0.3 is 6.09 Å². The van der Waals surface area contributed by atoms with E-state index in [1.807, 2.05) is 25.7 Å². The Bertz CT molecular complexity index is 539. The minimum Gasteiger partial charge on any atom is -0.444 e. The molecule has 1 aromatic rings. The number of carbonyl (C=O) groups is 1. The molecule has 1 heterocycles. The van der Waals surface area contributed by atoms with E-state index in [1.165, 1.54) is 9.13 Å². The second kappa shape index (κ2) is 7.38. The Morgan fingerprint density at radius 1 is 1.26 bits per heavy atom. The van der Waals surface area contributed by atoms with Crippen molar-refractivity contribution >= 4 is 28.7 Å². The van der Waals surface area contributed by atoms with Crippen molar-refractivity contribution in [2.45, 2.75) is 52.3 Å². The third kappa shape index (κ3) is 5.08. The van der Waals surface area contributed by atoms with Crippen LogP contribution in [0.1, 0.15) is 46.2 Å². The van der Waals surface area contributed by atoms with Crippen LogP contribution in [0.15, 0.2) is 24.3 Å². The highest BCUT2D eigenvalue weighted by molar-refractivity contribution is 14.1. The second-order valence-corrected chi connectivity index (χ2v) is 8.49. The lowest BCUT2D eigenvalue weighted by Gasteiger charge is -2.43. The molecule has 23 heavy (non-hydrogen) atoms. The van der Waals surface area contributed by atoms with Gasteiger partial charge in [-0.15, -0.1) is 0 Å². The number of benzene rings is 1. The van der Waals surface area contributed by atoms with Crippen molar-refractivity contribution < 1.29 is 9.53 Å². The summed E-state index contributed by atoms with van der Waals surface area (Å²) in [5.74, 6) is 0. The average molecular weight is 430 g/mol. The zero-order valence-electron chi connectivity index (χ0n) is 14.7. The Labute approximate surface area is 153 Å². The van der Waals surface area contributed by atoms with E-state index >= 15 is 0 Å². The van der Waals surface area contributed by atoms with Gasteiger partial charge in [-0.2, -0.15) is 0 Å². The Kier molecular flexibility index (Phi) is 5.94. The molecule has 0 radical (unpaired) electrons. The van der Waals surface area contributed by atoms with Crippen LogP contribution in [0.5, 0.6) is 0 Å². The number of amides is 1. The van der Waals surface area contributed by atoms with Gasteiger partial charge in [-0.25, -0.2) is 4.79 Å². The van der Waals surface area contributed by atoms with Gasteiger partial charge in [0.2, 0.25) is 0 Å². The van der Waals surface area contributed by atoms with Crippen LogP contribution in [0.2, 0.25) is 0 Å². The largest absolute Gasteiger partial charge is 0.444 e. The lowest BCUT2D eigenvalue weighted by atomic mass is 10.0. The fraction of sp³-hybridized carbons (Fsp3) is 0.611. The molecule has 2 unspecified atom stereocenters. The summed E-state index contributed by atoms with van der Waals surface area (Å²) in [5, 5.41) is 0. The number of hydrogen-bond acceptors (Lipinski definition) is 3. The first-order chi connectivity index (χ1) is 10.7. The minimum atomic E-state index is -0.439. The SMILES string of the molecule is CC1CN(C(=O)OC(C)(C)C)CCN1C(C)c1ccc(I)cc1. The Hall–Kier alpha value is -0.820. The van der Waals surface area contributed by atoms with Crippen LogP contribution in [0, 0.1) is 3.57 Å². The van der Waals surface area contributed by atoms with Crippen molar-refractivity contribution in [2.75, 3.05) is 19.6 Å². The predicted molar refractivity (Wildman–Crippen MR) is 102 cm³/mol. The molecule has 4 nitrogen and oxygen atoms in total. The number of hydrogen-bond donors (Lipinski definition) is 0. The van der Waals surface area contributed by atoms with Gasteiger partial charge in [0.05, 0.1) is 0 Å². The topological polar surface area (TPSA) is 32.8 Å². The lowest BCUT2D eigenvalue weighted by molar-refractivity contribution is -0.000712. The fourth-order valence-electron chi connectivity index (χ4n) is 2.97. The van der Waals surface area contributed by atoms with Crippen molar-refractivity contribution in [1.29, 1.82) is 0 Å². The summed E-state index contributed by atoms with van der Waals surface area (Å²) in [6.07, 6.45) is -0.203. The van der Waals surface area contributed by atoms with E-state index in [2.05, 4.69) is 65.6 Å². The maximum Gasteiger partial charge on any atom is 0.410 e. The highest BCUT2D eigenvalue weighted by Gasteiger charge is 2.32. The minimum absolute atomic E-state index is 0.203. The zero-order chi connectivity index (χ0) is 17.2. The van der Waals surface area contributed by atoms with Crippen LogP contribution in [0.3, 0.4) is 0 Å². The fourth-order valence-corrected chi connectivity index (χ4v) is 3.33. The van der Waals surface area contributed by atoms with Crippen LogP contribution >= 0.6 is 22.6 Å². The van der Waals surface area contributed by atoms with Gasteiger partial charge in [0.1, 0.15) is 5.60 Å². The molecule has 2 rings (SSSR count). The number of piperazine rings is 1. The average Bonchev–Trinajstić information content (AvgIpc) is 2.45. The van der Waals surface area contributed by atoms with Gasteiger partial charge in [0.15, 0.2) is 0 Å². The third-order valence-corrected chi connectivity index (χ3v) is 4.90. The molecular formula is C18H27IN2O2. The van der Waals surface area contributed by atoms with Gasteiger partial charge in [0, 0.05) is 35.3 Å². The van der Waals surface area contributed by atoms with Gasteiger partial charge in [-0.3, -0.25) is 4.90 Å². The number of nitrogens with zero attached hydrogens (tertiary/aromatic N) is 2. The van der Waals surface area contributed by atoms with Crippen molar-refractivity contribution in [1.82, 2.24) is 9.80 Å². The summed E-state index contributed by atoms with van der Waals surface area (Å²) in [4.78, 5) is 16.5. The molecule has 0 bridgehead atoms. The van der Waals surface area contributed by atoms with Gasteiger partial charge < -0.3 is 9.64 Å². The molecule has 0 saturated carbocycles. The lowest BCUT2D eigenvalue weighted by Crippen LogP contribution is -2.54. The molecular weight excluding hydrogens is 403 g/mol. The Morgan fingerprint density at radius 3 is 2.39 bits per heavy atom. The van der Waals surface area contributed by atoms with Crippen LogP contribution < -0.4 is 0 Å². The number of carbonyl (C=O) groups excluding carboxylic acids is 1. The normalized spacial score (nSPS) is 21.1. The Morgan fingerprint density at radius 2 is 1.87 bits per heavy atom. The van der Waals surface area contributed by atoms with Gasteiger partial charge in [0.25, 0.3) is 0 Å². The maximum atomic E-state index is 12.2. The molecule has 1 aliphatic heterocycles. The zero-order valence-corrected chi connectivity index (χ0v) is 16.8. The first-order valence-electron chi connectivity index (χ1n) is 8.16. The molecule has 1 amide bonds. The number of rotatable bonds is 2. The van der Waals surface area contributed by atoms with E-state index in [9.17, 15) is 4.79 Å².